The van der Waals surface area contributed by atoms with Crippen molar-refractivity contribution in [2.45, 2.75) is 24.3 Å². The molecule has 1 aliphatic rings. The van der Waals surface area contributed by atoms with Gasteiger partial charge in [0.25, 0.3) is 5.91 Å². The van der Waals surface area contributed by atoms with Gasteiger partial charge in [-0.2, -0.15) is 0 Å². The van der Waals surface area contributed by atoms with Crippen LogP contribution in [0.1, 0.15) is 33.8 Å². The molecule has 0 aliphatic carbocycles. The van der Waals surface area contributed by atoms with Crippen LogP contribution in [0, 0.1) is 0 Å². The fraction of sp³-hybridized carbons (Fsp3) is 0.308. The number of aromatic nitrogens is 4. The third-order valence-corrected chi connectivity index (χ3v) is 8.09. The Hall–Kier alpha value is -3.01. The van der Waals surface area contributed by atoms with E-state index < -0.39 is 0 Å². The second-order valence-electron chi connectivity index (χ2n) is 8.37. The summed E-state index contributed by atoms with van der Waals surface area (Å²) in [5.41, 5.74) is 2.77. The van der Waals surface area contributed by atoms with Crippen molar-refractivity contribution in [3.05, 3.63) is 88.1 Å². The molecule has 180 valence electrons. The number of benzene rings is 2. The van der Waals surface area contributed by atoms with Crippen molar-refractivity contribution in [3.8, 4) is 5.69 Å². The summed E-state index contributed by atoms with van der Waals surface area (Å²) in [4.78, 5) is 21.8. The minimum Gasteiger partial charge on any atom is -0.335 e. The maximum atomic E-state index is 12.9. The van der Waals surface area contributed by atoms with Crippen molar-refractivity contribution < 1.29 is 4.79 Å². The summed E-state index contributed by atoms with van der Waals surface area (Å²) in [5, 5.41) is 12.6. The molecule has 0 spiro atoms. The van der Waals surface area contributed by atoms with Crippen molar-refractivity contribution in [2.24, 2.45) is 0 Å². The van der Waals surface area contributed by atoms with Crippen LogP contribution in [0.3, 0.4) is 0 Å². The zero-order chi connectivity index (χ0) is 24.0. The van der Waals surface area contributed by atoms with Gasteiger partial charge in [-0.15, -0.1) is 21.5 Å². The largest absolute Gasteiger partial charge is 0.335 e. The molecule has 2 aromatic heterocycles. The lowest BCUT2D eigenvalue weighted by atomic mass is 10.1. The Morgan fingerprint density at radius 2 is 1.69 bits per heavy atom. The van der Waals surface area contributed by atoms with Crippen molar-refractivity contribution in [2.75, 3.05) is 32.7 Å². The standard InChI is InChI=1S/C26H28N6OS2/c1-2-30-13-15-31(16-14-30)25(33)22-18-34-24(27-22)19-35-26-29-28-23(17-20-9-5-3-6-10-20)32(26)21-11-7-4-8-12-21/h3-12,18H,2,13-17,19H2,1H3. The van der Waals surface area contributed by atoms with Crippen molar-refractivity contribution in [1.82, 2.24) is 29.5 Å². The van der Waals surface area contributed by atoms with Gasteiger partial charge in [0.1, 0.15) is 16.5 Å². The minimum atomic E-state index is 0.0332. The number of hydrogen-bond donors (Lipinski definition) is 0. The van der Waals surface area contributed by atoms with E-state index in [2.05, 4.69) is 55.8 Å². The molecule has 2 aromatic carbocycles. The highest BCUT2D eigenvalue weighted by molar-refractivity contribution is 7.98. The number of nitrogens with zero attached hydrogens (tertiary/aromatic N) is 6. The second-order valence-corrected chi connectivity index (χ2v) is 10.3. The van der Waals surface area contributed by atoms with E-state index in [4.69, 9.17) is 0 Å². The summed E-state index contributed by atoms with van der Waals surface area (Å²) in [5.74, 6) is 1.56. The maximum Gasteiger partial charge on any atom is 0.273 e. The SMILES string of the molecule is CCN1CCN(C(=O)c2csc(CSc3nnc(Cc4ccccc4)n3-c3ccccc3)n2)CC1. The molecule has 35 heavy (non-hydrogen) atoms. The van der Waals surface area contributed by atoms with Gasteiger partial charge in [0.15, 0.2) is 5.16 Å². The van der Waals surface area contributed by atoms with Crippen LogP contribution in [-0.2, 0) is 12.2 Å². The first-order chi connectivity index (χ1) is 17.2. The molecule has 1 fully saturated rings. The first-order valence-electron chi connectivity index (χ1n) is 11.8. The molecule has 1 amide bonds. The number of carbonyl (C=O) groups excluding carboxylic acids is 1. The Kier molecular flexibility index (Phi) is 7.56. The molecule has 0 saturated carbocycles. The third-order valence-electron chi connectivity index (χ3n) is 6.12. The summed E-state index contributed by atoms with van der Waals surface area (Å²) in [6.07, 6.45) is 0.699. The smallest absolute Gasteiger partial charge is 0.273 e. The van der Waals surface area contributed by atoms with Crippen LogP contribution in [0.5, 0.6) is 0 Å². The minimum absolute atomic E-state index is 0.0332. The summed E-state index contributed by atoms with van der Waals surface area (Å²) >= 11 is 3.13. The van der Waals surface area contributed by atoms with Crippen LogP contribution in [0.2, 0.25) is 0 Å². The van der Waals surface area contributed by atoms with Gasteiger partial charge < -0.3 is 9.80 Å². The molecule has 1 saturated heterocycles. The van der Waals surface area contributed by atoms with E-state index in [1.54, 1.807) is 11.8 Å². The number of thioether (sulfide) groups is 1. The summed E-state index contributed by atoms with van der Waals surface area (Å²) in [7, 11) is 0. The Morgan fingerprint density at radius 3 is 2.40 bits per heavy atom. The number of para-hydroxylation sites is 1. The van der Waals surface area contributed by atoms with Gasteiger partial charge in [-0.25, -0.2) is 4.98 Å². The first-order valence-corrected chi connectivity index (χ1v) is 13.7. The molecule has 3 heterocycles. The number of hydrogen-bond acceptors (Lipinski definition) is 7. The Labute approximate surface area is 213 Å². The summed E-state index contributed by atoms with van der Waals surface area (Å²) in [6, 6.07) is 20.5. The Bertz CT molecular complexity index is 1250. The molecule has 4 aromatic rings. The van der Waals surface area contributed by atoms with E-state index in [0.29, 0.717) is 17.9 Å². The van der Waals surface area contributed by atoms with Crippen LogP contribution in [-0.4, -0.2) is 68.2 Å². The van der Waals surface area contributed by atoms with Crippen LogP contribution >= 0.6 is 23.1 Å². The molecule has 9 heteroatoms. The van der Waals surface area contributed by atoms with E-state index in [1.807, 2.05) is 46.7 Å². The Balaban J connectivity index is 1.29. The van der Waals surface area contributed by atoms with Crippen LogP contribution in [0.4, 0.5) is 0 Å². The quantitative estimate of drug-likeness (QED) is 0.332. The van der Waals surface area contributed by atoms with E-state index in [-0.39, 0.29) is 5.91 Å². The van der Waals surface area contributed by atoms with Gasteiger partial charge in [-0.3, -0.25) is 9.36 Å². The lowest BCUT2D eigenvalue weighted by molar-refractivity contribution is 0.0638. The predicted octanol–water partition coefficient (Wildman–Crippen LogP) is 4.38. The van der Waals surface area contributed by atoms with Crippen molar-refractivity contribution in [1.29, 1.82) is 0 Å². The van der Waals surface area contributed by atoms with Gasteiger partial charge in [0.2, 0.25) is 0 Å². The highest BCUT2D eigenvalue weighted by atomic mass is 32.2. The maximum absolute atomic E-state index is 12.9. The fourth-order valence-corrected chi connectivity index (χ4v) is 5.91. The first kappa shape index (κ1) is 23.7. The number of piperazine rings is 1. The average Bonchev–Trinajstić information content (AvgIpc) is 3.55. The normalized spacial score (nSPS) is 14.4. The zero-order valence-electron chi connectivity index (χ0n) is 19.7. The lowest BCUT2D eigenvalue weighted by Gasteiger charge is -2.33. The summed E-state index contributed by atoms with van der Waals surface area (Å²) < 4.78 is 2.12. The van der Waals surface area contributed by atoms with E-state index >= 15 is 0 Å². The molecule has 1 aliphatic heterocycles. The highest BCUT2D eigenvalue weighted by Crippen LogP contribution is 2.27. The monoisotopic (exact) mass is 504 g/mol. The number of amides is 1. The van der Waals surface area contributed by atoms with Crippen LogP contribution in [0.15, 0.2) is 71.2 Å². The molecular formula is C26H28N6OS2. The molecule has 5 rings (SSSR count). The molecule has 0 atom stereocenters. The van der Waals surface area contributed by atoms with Crippen molar-refractivity contribution >= 4 is 29.0 Å². The third kappa shape index (κ3) is 5.63. The molecule has 7 nitrogen and oxygen atoms in total. The summed E-state index contributed by atoms with van der Waals surface area (Å²) in [6.45, 7) is 6.56. The fourth-order valence-electron chi connectivity index (χ4n) is 4.15. The van der Waals surface area contributed by atoms with Gasteiger partial charge in [0.05, 0.1) is 5.75 Å². The molecule has 0 N–H and O–H groups in total. The average molecular weight is 505 g/mol. The van der Waals surface area contributed by atoms with E-state index in [0.717, 1.165) is 54.4 Å². The molecule has 0 bridgehead atoms. The molecule has 0 unspecified atom stereocenters. The van der Waals surface area contributed by atoms with Gasteiger partial charge in [-0.1, -0.05) is 67.2 Å². The topological polar surface area (TPSA) is 67.2 Å². The zero-order valence-corrected chi connectivity index (χ0v) is 21.3. The number of thiazole rings is 1. The lowest BCUT2D eigenvalue weighted by Crippen LogP contribution is -2.48. The van der Waals surface area contributed by atoms with E-state index in [1.165, 1.54) is 16.9 Å². The number of rotatable bonds is 8. The number of likely N-dealkylation sites (N-methyl/N-ethyl adjacent to an activating group) is 1. The molecule has 0 radical (unpaired) electrons. The highest BCUT2D eigenvalue weighted by Gasteiger charge is 2.23. The van der Waals surface area contributed by atoms with Gasteiger partial charge in [-0.05, 0) is 24.2 Å². The van der Waals surface area contributed by atoms with Crippen LogP contribution < -0.4 is 0 Å². The van der Waals surface area contributed by atoms with Gasteiger partial charge >= 0.3 is 0 Å². The predicted molar refractivity (Wildman–Crippen MR) is 140 cm³/mol. The van der Waals surface area contributed by atoms with Crippen LogP contribution in [0.25, 0.3) is 5.69 Å². The Morgan fingerprint density at radius 1 is 0.971 bits per heavy atom. The van der Waals surface area contributed by atoms with Gasteiger partial charge in [0, 0.05) is 43.7 Å². The second kappa shape index (κ2) is 11.2. The van der Waals surface area contributed by atoms with Crippen molar-refractivity contribution in [3.63, 3.8) is 0 Å². The number of carbonyl (C=O) groups is 1. The molecular weight excluding hydrogens is 476 g/mol. The van der Waals surface area contributed by atoms with E-state index in [9.17, 15) is 4.79 Å².